The number of amides is 1. The molecule has 0 aliphatic carbocycles. The van der Waals surface area contributed by atoms with E-state index in [9.17, 15) is 9.90 Å². The first-order valence-corrected chi connectivity index (χ1v) is 12.2. The van der Waals surface area contributed by atoms with Crippen LogP contribution in [0.5, 0.6) is 0 Å². The first-order valence-electron chi connectivity index (χ1n) is 13.7. The van der Waals surface area contributed by atoms with Gasteiger partial charge in [0.2, 0.25) is 0 Å². The molecule has 7 rings (SSSR count). The van der Waals surface area contributed by atoms with Crippen LogP contribution in [0.15, 0.2) is 48.8 Å². The number of aromatic nitrogens is 4. The van der Waals surface area contributed by atoms with Gasteiger partial charge < -0.3 is 19.3 Å². The number of carbonyl (C=O) groups excluding carboxylic acids is 1. The maximum atomic E-state index is 13.7. The molecule has 2 aromatic heterocycles. The lowest BCUT2D eigenvalue weighted by molar-refractivity contribution is 0.0153. The molecule has 1 amide bonds. The summed E-state index contributed by atoms with van der Waals surface area (Å²) in [6.45, 7) is -0.275. The van der Waals surface area contributed by atoms with Gasteiger partial charge in [-0.2, -0.15) is 0 Å². The molecule has 1 saturated heterocycles. The molecule has 8 nitrogen and oxygen atoms in total. The summed E-state index contributed by atoms with van der Waals surface area (Å²) in [6.07, 6.45) is 4.21. The number of fused-ring (bicyclic) bond motifs is 9. The molecule has 1 unspecified atom stereocenters. The summed E-state index contributed by atoms with van der Waals surface area (Å²) >= 11 is 0. The zero-order valence-corrected chi connectivity index (χ0v) is 20.1. The van der Waals surface area contributed by atoms with Gasteiger partial charge in [0.25, 0.3) is 5.91 Å². The Labute approximate surface area is 218 Å². The Morgan fingerprint density at radius 2 is 2.05 bits per heavy atom. The summed E-state index contributed by atoms with van der Waals surface area (Å²) in [5.41, 5.74) is 3.73. The van der Waals surface area contributed by atoms with Crippen molar-refractivity contribution in [1.29, 1.82) is 0 Å². The van der Waals surface area contributed by atoms with Gasteiger partial charge in [0.15, 0.2) is 5.82 Å². The fraction of sp³-hybridized carbons (Fsp3) is 0.310. The summed E-state index contributed by atoms with van der Waals surface area (Å²) in [5.74, 6) is 6.39. The molecular weight excluding hydrogens is 466 g/mol. The van der Waals surface area contributed by atoms with Crippen molar-refractivity contribution in [3.63, 3.8) is 0 Å². The normalized spacial score (nSPS) is 25.5. The molecule has 4 aromatic rings. The van der Waals surface area contributed by atoms with E-state index in [2.05, 4.69) is 26.4 Å². The van der Waals surface area contributed by atoms with Crippen LogP contribution in [0, 0.1) is 11.8 Å². The second kappa shape index (κ2) is 7.97. The maximum absolute atomic E-state index is 13.7. The van der Waals surface area contributed by atoms with Gasteiger partial charge in [0.05, 0.1) is 36.3 Å². The van der Waals surface area contributed by atoms with Crippen molar-refractivity contribution >= 4 is 16.9 Å². The number of rotatable bonds is 2. The van der Waals surface area contributed by atoms with Crippen molar-refractivity contribution in [1.82, 2.24) is 24.4 Å². The third-order valence-corrected chi connectivity index (χ3v) is 7.64. The third-order valence-electron chi connectivity index (χ3n) is 7.64. The van der Waals surface area contributed by atoms with Gasteiger partial charge in [-0.15, -0.1) is 5.92 Å². The van der Waals surface area contributed by atoms with E-state index in [1.807, 2.05) is 24.3 Å². The monoisotopic (exact) mass is 494 g/mol. The molecule has 3 atom stereocenters. The third kappa shape index (κ3) is 3.18. The SMILES string of the molecule is [2H]C([2H])([2H])N1C(=O)c2cccc(C#CC)c2[C@H]2C[C@@H]1c1nc3ccc(-c4cnc(C5(O)CCOC5)nc4)cc3n12. The smallest absolute Gasteiger partial charge is 0.254 e. The topological polar surface area (TPSA) is 93.4 Å². The number of carbonyl (C=O) groups is 1. The lowest BCUT2D eigenvalue weighted by Crippen LogP contribution is -2.30. The van der Waals surface area contributed by atoms with Crippen molar-refractivity contribution in [2.75, 3.05) is 20.2 Å². The van der Waals surface area contributed by atoms with E-state index in [1.54, 1.807) is 31.5 Å². The Balaban J connectivity index is 1.40. The molecule has 8 heteroatoms. The molecular formula is C29H25N5O3. The van der Waals surface area contributed by atoms with Crippen molar-refractivity contribution in [3.8, 4) is 23.0 Å². The van der Waals surface area contributed by atoms with Gasteiger partial charge in [-0.25, -0.2) is 15.0 Å². The van der Waals surface area contributed by atoms with Crippen molar-refractivity contribution in [3.05, 3.63) is 77.1 Å². The molecule has 3 aliphatic heterocycles. The van der Waals surface area contributed by atoms with Crippen LogP contribution in [0.1, 0.15) is 69.1 Å². The van der Waals surface area contributed by atoms with Crippen molar-refractivity contribution in [2.24, 2.45) is 0 Å². The summed E-state index contributed by atoms with van der Waals surface area (Å²) in [4.78, 5) is 28.4. The standard InChI is InChI=1S/C29H25N5O3/c1-3-5-17-6-4-7-20-25(17)23-13-24(33(2)27(20)35)26-32-21-9-8-18(12-22(21)34(23)26)19-14-30-28(31-15-19)29(36)10-11-37-16-29/h4,6-9,12,14-15,23-24,36H,10-11,13,16H2,1-2H3/t23-,24-,29?/m1/s1/i2D3. The first-order chi connectivity index (χ1) is 19.2. The van der Waals surface area contributed by atoms with Crippen LogP contribution in [-0.2, 0) is 10.3 Å². The van der Waals surface area contributed by atoms with Gasteiger partial charge in [0.1, 0.15) is 11.4 Å². The quantitative estimate of drug-likeness (QED) is 0.428. The van der Waals surface area contributed by atoms with Crippen molar-refractivity contribution in [2.45, 2.75) is 37.5 Å². The van der Waals surface area contributed by atoms with E-state index in [0.717, 1.165) is 27.1 Å². The molecule has 0 saturated carbocycles. The number of hydrogen-bond acceptors (Lipinski definition) is 6. The summed E-state index contributed by atoms with van der Waals surface area (Å²) in [7, 11) is 0. The van der Waals surface area contributed by atoms with Crippen LogP contribution in [0.4, 0.5) is 0 Å². The van der Waals surface area contributed by atoms with E-state index in [1.165, 1.54) is 0 Å². The fourth-order valence-corrected chi connectivity index (χ4v) is 5.82. The number of aliphatic hydroxyl groups is 1. The average molecular weight is 495 g/mol. The van der Waals surface area contributed by atoms with E-state index in [0.29, 0.717) is 47.7 Å². The number of hydrogen-bond donors (Lipinski definition) is 1. The predicted octanol–water partition coefficient (Wildman–Crippen LogP) is 3.59. The number of imidazole rings is 1. The lowest BCUT2D eigenvalue weighted by atomic mass is 9.93. The largest absolute Gasteiger partial charge is 0.379 e. The van der Waals surface area contributed by atoms with Crippen LogP contribution < -0.4 is 0 Å². The lowest BCUT2D eigenvalue weighted by Gasteiger charge is -2.24. The van der Waals surface area contributed by atoms with Crippen LogP contribution in [-0.4, -0.2) is 55.6 Å². The number of benzene rings is 2. The minimum absolute atomic E-state index is 0.171. The maximum Gasteiger partial charge on any atom is 0.254 e. The molecule has 37 heavy (non-hydrogen) atoms. The average Bonchev–Trinajstić information content (AvgIpc) is 3.61. The second-order valence-electron chi connectivity index (χ2n) is 9.76. The minimum atomic E-state index is -2.65. The highest BCUT2D eigenvalue weighted by molar-refractivity contribution is 5.98. The van der Waals surface area contributed by atoms with Gasteiger partial charge in [-0.3, -0.25) is 4.79 Å². The van der Waals surface area contributed by atoms with E-state index >= 15 is 0 Å². The minimum Gasteiger partial charge on any atom is -0.379 e. The number of nitrogens with zero attached hydrogens (tertiary/aromatic N) is 5. The van der Waals surface area contributed by atoms with Gasteiger partial charge in [-0.05, 0) is 36.8 Å². The Bertz CT molecular complexity index is 1750. The Morgan fingerprint density at radius 1 is 1.19 bits per heavy atom. The van der Waals surface area contributed by atoms with E-state index in [4.69, 9.17) is 13.8 Å². The Morgan fingerprint density at radius 3 is 2.81 bits per heavy atom. The van der Waals surface area contributed by atoms with Crippen LogP contribution in [0.2, 0.25) is 0 Å². The zero-order chi connectivity index (χ0) is 27.8. The van der Waals surface area contributed by atoms with Crippen LogP contribution in [0.25, 0.3) is 22.2 Å². The fourth-order valence-electron chi connectivity index (χ4n) is 5.82. The van der Waals surface area contributed by atoms with Crippen molar-refractivity contribution < 1.29 is 18.8 Å². The molecule has 3 aliphatic rings. The molecule has 0 spiro atoms. The summed E-state index contributed by atoms with van der Waals surface area (Å²) in [5, 5.41) is 10.8. The van der Waals surface area contributed by atoms with Crippen LogP contribution >= 0.6 is 0 Å². The highest BCUT2D eigenvalue weighted by atomic mass is 16.5. The van der Waals surface area contributed by atoms with Crippen LogP contribution in [0.3, 0.4) is 0 Å². The molecule has 1 N–H and O–H groups in total. The first kappa shape index (κ1) is 19.1. The summed E-state index contributed by atoms with van der Waals surface area (Å²) < 4.78 is 32.1. The van der Waals surface area contributed by atoms with Gasteiger partial charge in [0, 0.05) is 58.6 Å². The molecule has 5 heterocycles. The predicted molar refractivity (Wildman–Crippen MR) is 137 cm³/mol. The van der Waals surface area contributed by atoms with E-state index < -0.39 is 24.5 Å². The number of ether oxygens (including phenoxy) is 1. The highest BCUT2D eigenvalue weighted by Gasteiger charge is 2.44. The highest BCUT2D eigenvalue weighted by Crippen LogP contribution is 2.48. The molecule has 1 fully saturated rings. The zero-order valence-electron chi connectivity index (χ0n) is 23.1. The molecule has 0 radical (unpaired) electrons. The Hall–Kier alpha value is -4.06. The Kier molecular flexibility index (Phi) is 4.11. The van der Waals surface area contributed by atoms with Gasteiger partial charge in [-0.1, -0.05) is 18.1 Å². The molecule has 184 valence electrons. The summed E-state index contributed by atoms with van der Waals surface area (Å²) in [6, 6.07) is 10.0. The molecule has 2 aromatic carbocycles. The molecule has 2 bridgehead atoms. The van der Waals surface area contributed by atoms with E-state index in [-0.39, 0.29) is 12.6 Å². The van der Waals surface area contributed by atoms with Gasteiger partial charge >= 0.3 is 0 Å². The second-order valence-corrected chi connectivity index (χ2v) is 9.76.